The second-order valence-corrected chi connectivity index (χ2v) is 7.58. The van der Waals surface area contributed by atoms with E-state index in [1.54, 1.807) is 6.92 Å². The number of esters is 1. The minimum absolute atomic E-state index is 0.0430. The van der Waals surface area contributed by atoms with E-state index in [0.29, 0.717) is 12.8 Å². The Morgan fingerprint density at radius 1 is 1.29 bits per heavy atom. The van der Waals surface area contributed by atoms with Gasteiger partial charge in [-0.1, -0.05) is 11.5 Å². The van der Waals surface area contributed by atoms with Crippen LogP contribution in [0.15, 0.2) is 5.11 Å². The van der Waals surface area contributed by atoms with Crippen molar-refractivity contribution in [2.24, 2.45) is 5.11 Å². The van der Waals surface area contributed by atoms with Crippen LogP contribution in [0.3, 0.4) is 0 Å². The molecule has 0 aromatic heterocycles. The third-order valence-corrected chi connectivity index (χ3v) is 4.89. The Morgan fingerprint density at radius 2 is 2.06 bits per heavy atom. The van der Waals surface area contributed by atoms with Crippen molar-refractivity contribution in [3.63, 3.8) is 0 Å². The van der Waals surface area contributed by atoms with Crippen molar-refractivity contribution in [2.75, 3.05) is 53.3 Å². The van der Waals surface area contributed by atoms with Gasteiger partial charge in [0.15, 0.2) is 12.1 Å². The van der Waals surface area contributed by atoms with Gasteiger partial charge in [-0.3, -0.25) is 0 Å². The summed E-state index contributed by atoms with van der Waals surface area (Å²) in [6.45, 7) is 1.15. The number of hydrogen-bond acceptors (Lipinski definition) is 12. The van der Waals surface area contributed by atoms with Crippen LogP contribution < -0.4 is 5.32 Å². The summed E-state index contributed by atoms with van der Waals surface area (Å²) >= 11 is 0. The van der Waals surface area contributed by atoms with Crippen LogP contribution in [0.25, 0.3) is 10.4 Å². The van der Waals surface area contributed by atoms with Crippen molar-refractivity contribution in [3.8, 4) is 0 Å². The van der Waals surface area contributed by atoms with Gasteiger partial charge in [-0.25, -0.2) is 9.59 Å². The molecule has 35 heavy (non-hydrogen) atoms. The monoisotopic (exact) mass is 508 g/mol. The highest BCUT2D eigenvalue weighted by molar-refractivity contribution is 5.81. The molecule has 0 bridgehead atoms. The SMILES string of the molecule is CCOC(=O)[C@H](CCCCN=[N+]=[N-])NC(=O)OCCOCC1(O)CC(OCCO)C(O)[C@@H](OC)O1. The third-order valence-electron chi connectivity index (χ3n) is 4.89. The minimum Gasteiger partial charge on any atom is -0.464 e. The van der Waals surface area contributed by atoms with Gasteiger partial charge in [0.2, 0.25) is 0 Å². The van der Waals surface area contributed by atoms with E-state index in [2.05, 4.69) is 15.3 Å². The lowest BCUT2D eigenvalue weighted by Crippen LogP contribution is -2.58. The Kier molecular flexibility index (Phi) is 15.2. The number of nitrogens with one attached hydrogen (secondary N) is 1. The fourth-order valence-electron chi connectivity index (χ4n) is 3.26. The van der Waals surface area contributed by atoms with E-state index in [4.69, 9.17) is 39.1 Å². The van der Waals surface area contributed by atoms with E-state index in [-0.39, 0.29) is 59.0 Å². The van der Waals surface area contributed by atoms with Crippen LogP contribution in [0, 0.1) is 0 Å². The van der Waals surface area contributed by atoms with Gasteiger partial charge in [-0.2, -0.15) is 0 Å². The second kappa shape index (κ2) is 17.2. The Morgan fingerprint density at radius 3 is 2.71 bits per heavy atom. The van der Waals surface area contributed by atoms with Gasteiger partial charge in [0, 0.05) is 25.0 Å². The molecule has 5 atom stereocenters. The molecule has 1 saturated heterocycles. The van der Waals surface area contributed by atoms with Crippen LogP contribution in [0.4, 0.5) is 4.79 Å². The van der Waals surface area contributed by atoms with Crippen molar-refractivity contribution in [1.82, 2.24) is 5.32 Å². The van der Waals surface area contributed by atoms with Crippen molar-refractivity contribution in [1.29, 1.82) is 0 Å². The Balaban J connectivity index is 2.43. The first-order valence-electron chi connectivity index (χ1n) is 11.3. The lowest BCUT2D eigenvalue weighted by molar-refractivity contribution is -0.366. The molecular formula is C20H36N4O11. The number of aliphatic hydroxyl groups excluding tert-OH is 2. The normalized spacial score (nSPS) is 24.8. The number of carbonyl (C=O) groups is 2. The van der Waals surface area contributed by atoms with Crippen LogP contribution in [-0.4, -0.2) is 111 Å². The number of unbranched alkanes of at least 4 members (excludes halogenated alkanes) is 1. The number of methoxy groups -OCH3 is 1. The zero-order valence-electron chi connectivity index (χ0n) is 20.0. The van der Waals surface area contributed by atoms with Gasteiger partial charge in [0.25, 0.3) is 0 Å². The molecule has 15 nitrogen and oxygen atoms in total. The zero-order chi connectivity index (χ0) is 26.1. The van der Waals surface area contributed by atoms with E-state index >= 15 is 0 Å². The molecule has 4 N–H and O–H groups in total. The highest BCUT2D eigenvalue weighted by atomic mass is 16.8. The van der Waals surface area contributed by atoms with Crippen molar-refractivity contribution >= 4 is 12.1 Å². The molecular weight excluding hydrogens is 472 g/mol. The number of hydrogen-bond donors (Lipinski definition) is 4. The molecule has 15 heteroatoms. The Hall–Kier alpha value is -2.23. The second-order valence-electron chi connectivity index (χ2n) is 7.58. The molecule has 3 unspecified atom stereocenters. The number of alkyl carbamates (subject to hydrolysis) is 1. The van der Waals surface area contributed by atoms with Gasteiger partial charge in [0.05, 0.1) is 32.5 Å². The minimum atomic E-state index is -1.84. The van der Waals surface area contributed by atoms with Crippen LogP contribution >= 0.6 is 0 Å². The molecule has 0 spiro atoms. The summed E-state index contributed by atoms with van der Waals surface area (Å²) in [6.07, 6.45) is -2.86. The van der Waals surface area contributed by atoms with Gasteiger partial charge in [-0.15, -0.1) is 0 Å². The fourth-order valence-corrected chi connectivity index (χ4v) is 3.26. The van der Waals surface area contributed by atoms with E-state index in [1.807, 2.05) is 0 Å². The van der Waals surface area contributed by atoms with Gasteiger partial charge in [0.1, 0.15) is 25.4 Å². The summed E-state index contributed by atoms with van der Waals surface area (Å²) < 4.78 is 31.0. The number of amides is 1. The summed E-state index contributed by atoms with van der Waals surface area (Å²) in [5.41, 5.74) is 8.29. The molecule has 0 aromatic rings. The lowest BCUT2D eigenvalue weighted by atomic mass is 9.99. The number of aliphatic hydroxyl groups is 3. The third kappa shape index (κ3) is 11.8. The maximum absolute atomic E-state index is 12.1. The smallest absolute Gasteiger partial charge is 0.407 e. The van der Waals surface area contributed by atoms with E-state index < -0.39 is 42.4 Å². The average molecular weight is 509 g/mol. The quantitative estimate of drug-likeness (QED) is 0.0673. The number of ether oxygens (including phenoxy) is 6. The van der Waals surface area contributed by atoms with Crippen LogP contribution in [0.5, 0.6) is 0 Å². The van der Waals surface area contributed by atoms with Crippen LogP contribution in [-0.2, 0) is 33.2 Å². The molecule has 1 amide bonds. The standard InChI is InChI=1S/C20H36N4O11/c1-3-32-17(27)14(6-4-5-7-22-24-21)23-19(28)34-11-10-31-13-20(29)12-15(33-9-8-25)16(26)18(30-2)35-20/h14-16,18,25-26,29H,3-13H2,1-2H3,(H,23,28)/t14-,15?,16?,18-,20?/m0/s1. The maximum atomic E-state index is 12.1. The van der Waals surface area contributed by atoms with Gasteiger partial charge >= 0.3 is 12.1 Å². The van der Waals surface area contributed by atoms with Crippen LogP contribution in [0.1, 0.15) is 32.6 Å². The molecule has 0 aromatic carbocycles. The number of nitrogens with zero attached hydrogens (tertiary/aromatic N) is 3. The Bertz CT molecular complexity index is 679. The molecule has 1 rings (SSSR count). The molecule has 1 fully saturated rings. The largest absolute Gasteiger partial charge is 0.464 e. The number of rotatable bonds is 17. The summed E-state index contributed by atoms with van der Waals surface area (Å²) in [5.74, 6) is -2.44. The lowest BCUT2D eigenvalue weighted by Gasteiger charge is -2.42. The molecule has 0 radical (unpaired) electrons. The summed E-state index contributed by atoms with van der Waals surface area (Å²) in [6, 6.07) is -0.918. The number of carbonyl (C=O) groups excluding carboxylic acids is 2. The number of azide groups is 1. The van der Waals surface area contributed by atoms with E-state index in [9.17, 15) is 19.8 Å². The van der Waals surface area contributed by atoms with Crippen molar-refractivity contribution in [2.45, 2.75) is 62.9 Å². The molecule has 0 saturated carbocycles. The molecule has 1 aliphatic rings. The summed E-state index contributed by atoms with van der Waals surface area (Å²) in [7, 11) is 1.29. The highest BCUT2D eigenvalue weighted by Crippen LogP contribution is 2.30. The van der Waals surface area contributed by atoms with E-state index in [1.165, 1.54) is 7.11 Å². The predicted molar refractivity (Wildman–Crippen MR) is 118 cm³/mol. The van der Waals surface area contributed by atoms with E-state index in [0.717, 1.165) is 0 Å². The first-order chi connectivity index (χ1) is 16.8. The van der Waals surface area contributed by atoms with Crippen molar-refractivity contribution < 1.29 is 53.3 Å². The Labute approximate surface area is 203 Å². The predicted octanol–water partition coefficient (Wildman–Crippen LogP) is -0.0387. The van der Waals surface area contributed by atoms with Crippen molar-refractivity contribution in [3.05, 3.63) is 10.4 Å². The summed E-state index contributed by atoms with van der Waals surface area (Å²) in [5, 5.41) is 35.6. The van der Waals surface area contributed by atoms with Gasteiger partial charge in [-0.05, 0) is 25.3 Å². The van der Waals surface area contributed by atoms with Crippen LogP contribution in [0.2, 0.25) is 0 Å². The zero-order valence-corrected chi connectivity index (χ0v) is 20.0. The first-order valence-corrected chi connectivity index (χ1v) is 11.3. The topological polar surface area (TPSA) is 211 Å². The fraction of sp³-hybridized carbons (Fsp3) is 0.900. The molecule has 1 aliphatic heterocycles. The van der Waals surface area contributed by atoms with Gasteiger partial charge < -0.3 is 49.1 Å². The molecule has 202 valence electrons. The molecule has 1 heterocycles. The molecule has 0 aliphatic carbocycles. The average Bonchev–Trinajstić information content (AvgIpc) is 2.83. The maximum Gasteiger partial charge on any atom is 0.407 e. The highest BCUT2D eigenvalue weighted by Gasteiger charge is 2.47. The summed E-state index contributed by atoms with van der Waals surface area (Å²) in [4.78, 5) is 26.8. The first kappa shape index (κ1) is 30.8.